The summed E-state index contributed by atoms with van der Waals surface area (Å²) in [5.74, 6) is -0.0696. The Bertz CT molecular complexity index is 947. The number of fused-ring (bicyclic) bond motifs is 2. The van der Waals surface area contributed by atoms with Crippen LogP contribution in [0.4, 0.5) is 15.3 Å². The Morgan fingerprint density at radius 2 is 1.70 bits per heavy atom. The van der Waals surface area contributed by atoms with Crippen molar-refractivity contribution in [2.75, 3.05) is 25.2 Å². The number of anilines is 1. The fraction of sp³-hybridized carbons (Fsp3) is 0.625. The third-order valence-electron chi connectivity index (χ3n) is 5.80. The highest BCUT2D eigenvalue weighted by Gasteiger charge is 2.61. The minimum Gasteiger partial charge on any atom is -0.497 e. The van der Waals surface area contributed by atoms with E-state index in [2.05, 4.69) is 0 Å². The van der Waals surface area contributed by atoms with Crippen LogP contribution in [-0.4, -0.2) is 65.6 Å². The Morgan fingerprint density at radius 3 is 2.24 bits per heavy atom. The van der Waals surface area contributed by atoms with Crippen LogP contribution < -0.4 is 9.64 Å². The van der Waals surface area contributed by atoms with Crippen molar-refractivity contribution in [2.24, 2.45) is 0 Å². The molecule has 2 atom stereocenters. The fourth-order valence-corrected chi connectivity index (χ4v) is 4.59. The van der Waals surface area contributed by atoms with E-state index in [9.17, 15) is 19.5 Å². The molecule has 0 aromatic heterocycles. The Hall–Kier alpha value is -2.81. The maximum absolute atomic E-state index is 14.0. The lowest BCUT2D eigenvalue weighted by Crippen LogP contribution is -2.63. The zero-order valence-corrected chi connectivity index (χ0v) is 20.4. The van der Waals surface area contributed by atoms with E-state index in [1.807, 2.05) is 0 Å². The summed E-state index contributed by atoms with van der Waals surface area (Å²) in [7, 11) is 1.49. The molecule has 182 valence electrons. The molecule has 0 radical (unpaired) electrons. The van der Waals surface area contributed by atoms with Gasteiger partial charge in [-0.1, -0.05) is 6.07 Å². The molecule has 1 saturated heterocycles. The van der Waals surface area contributed by atoms with Crippen molar-refractivity contribution < 1.29 is 33.7 Å². The molecular weight excluding hydrogens is 428 g/mol. The maximum Gasteiger partial charge on any atom is 0.421 e. The first-order valence-corrected chi connectivity index (χ1v) is 11.1. The Kier molecular flexibility index (Phi) is 6.41. The van der Waals surface area contributed by atoms with Crippen LogP contribution in [0, 0.1) is 0 Å². The molecule has 2 aliphatic heterocycles. The van der Waals surface area contributed by atoms with Gasteiger partial charge in [0.15, 0.2) is 0 Å². The second kappa shape index (κ2) is 8.52. The third kappa shape index (κ3) is 4.51. The van der Waals surface area contributed by atoms with Crippen molar-refractivity contribution in [1.82, 2.24) is 4.90 Å². The Labute approximate surface area is 194 Å². The molecule has 2 aliphatic rings. The lowest BCUT2D eigenvalue weighted by Gasteiger charge is -2.46. The summed E-state index contributed by atoms with van der Waals surface area (Å²) in [6.45, 7) is 10.3. The normalized spacial score (nSPS) is 22.9. The number of likely N-dealkylation sites (tertiary alicyclic amines) is 1. The van der Waals surface area contributed by atoms with Gasteiger partial charge in [0.1, 0.15) is 17.0 Å². The molecule has 3 amide bonds. The standard InChI is InChI=1S/C24H34N2O7/c1-22(2,3)32-20(29)25-12-8-11-24(18(25)14-27)16-10-9-15(31-7)13-17(16)26(19(24)28)21(30)33-23(4,5)6/h9-10,13,18,27H,8,11-12,14H2,1-7H3. The van der Waals surface area contributed by atoms with Crippen molar-refractivity contribution in [1.29, 1.82) is 0 Å². The van der Waals surface area contributed by atoms with Gasteiger partial charge in [-0.15, -0.1) is 0 Å². The average molecular weight is 463 g/mol. The summed E-state index contributed by atoms with van der Waals surface area (Å²) < 4.78 is 16.4. The van der Waals surface area contributed by atoms with Gasteiger partial charge in [-0.25, -0.2) is 14.5 Å². The van der Waals surface area contributed by atoms with Gasteiger partial charge >= 0.3 is 12.2 Å². The second-order valence-corrected chi connectivity index (χ2v) is 10.5. The third-order valence-corrected chi connectivity index (χ3v) is 5.80. The number of hydrogen-bond donors (Lipinski definition) is 1. The van der Waals surface area contributed by atoms with Gasteiger partial charge in [-0.3, -0.25) is 4.79 Å². The van der Waals surface area contributed by atoms with E-state index < -0.39 is 47.4 Å². The largest absolute Gasteiger partial charge is 0.497 e. The molecule has 9 heteroatoms. The first-order valence-electron chi connectivity index (χ1n) is 11.1. The molecule has 1 aromatic rings. The van der Waals surface area contributed by atoms with E-state index in [4.69, 9.17) is 14.2 Å². The van der Waals surface area contributed by atoms with Crippen LogP contribution in [-0.2, 0) is 19.7 Å². The quantitative estimate of drug-likeness (QED) is 0.716. The predicted molar refractivity (Wildman–Crippen MR) is 121 cm³/mol. The highest BCUT2D eigenvalue weighted by molar-refractivity contribution is 6.21. The average Bonchev–Trinajstić information content (AvgIpc) is 2.93. The zero-order chi connectivity index (χ0) is 24.8. The second-order valence-electron chi connectivity index (χ2n) is 10.5. The minimum atomic E-state index is -1.32. The van der Waals surface area contributed by atoms with Crippen LogP contribution in [0.15, 0.2) is 18.2 Å². The number of nitrogens with zero attached hydrogens (tertiary/aromatic N) is 2. The summed E-state index contributed by atoms with van der Waals surface area (Å²) in [5, 5.41) is 10.4. The lowest BCUT2D eigenvalue weighted by molar-refractivity contribution is -0.128. The summed E-state index contributed by atoms with van der Waals surface area (Å²) in [4.78, 5) is 42.5. The smallest absolute Gasteiger partial charge is 0.421 e. The van der Waals surface area contributed by atoms with Crippen LogP contribution in [0.25, 0.3) is 0 Å². The number of methoxy groups -OCH3 is 1. The summed E-state index contributed by atoms with van der Waals surface area (Å²) in [6.07, 6.45) is -0.575. The molecular formula is C24H34N2O7. The van der Waals surface area contributed by atoms with E-state index in [1.54, 1.807) is 59.7 Å². The van der Waals surface area contributed by atoms with Crippen LogP contribution >= 0.6 is 0 Å². The van der Waals surface area contributed by atoms with Gasteiger partial charge in [0.25, 0.3) is 0 Å². The topological polar surface area (TPSA) is 106 Å². The minimum absolute atomic E-state index is 0.326. The number of carbonyl (C=O) groups is 3. The first kappa shape index (κ1) is 24.8. The molecule has 1 aromatic carbocycles. The van der Waals surface area contributed by atoms with E-state index in [1.165, 1.54) is 12.0 Å². The van der Waals surface area contributed by atoms with Crippen LogP contribution in [0.2, 0.25) is 0 Å². The van der Waals surface area contributed by atoms with Crippen molar-refractivity contribution >= 4 is 23.8 Å². The summed E-state index contributed by atoms with van der Waals surface area (Å²) >= 11 is 0. The maximum atomic E-state index is 14.0. The van der Waals surface area contributed by atoms with E-state index in [0.717, 1.165) is 4.90 Å². The SMILES string of the molecule is COc1ccc2c(c1)N(C(=O)OC(C)(C)C)C(=O)C21CCCN(C(=O)OC(C)(C)C)C1CO. The fourth-order valence-electron chi connectivity index (χ4n) is 4.59. The summed E-state index contributed by atoms with van der Waals surface area (Å²) in [5.41, 5.74) is -2.00. The molecule has 2 unspecified atom stereocenters. The van der Waals surface area contributed by atoms with Crippen molar-refractivity contribution in [3.8, 4) is 5.75 Å². The van der Waals surface area contributed by atoms with Gasteiger partial charge in [0.05, 0.1) is 30.9 Å². The van der Waals surface area contributed by atoms with Crippen molar-refractivity contribution in [2.45, 2.75) is 77.0 Å². The number of aliphatic hydroxyl groups is 1. The van der Waals surface area contributed by atoms with Gasteiger partial charge < -0.3 is 24.2 Å². The highest BCUT2D eigenvalue weighted by Crippen LogP contribution is 2.51. The number of amides is 3. The Morgan fingerprint density at radius 1 is 1.09 bits per heavy atom. The lowest BCUT2D eigenvalue weighted by atomic mass is 9.69. The van der Waals surface area contributed by atoms with Crippen LogP contribution in [0.1, 0.15) is 59.9 Å². The van der Waals surface area contributed by atoms with E-state index in [0.29, 0.717) is 36.4 Å². The van der Waals surface area contributed by atoms with Gasteiger partial charge in [-0.2, -0.15) is 0 Å². The number of ether oxygens (including phenoxy) is 3. The van der Waals surface area contributed by atoms with Gasteiger partial charge in [-0.05, 0) is 66.0 Å². The highest BCUT2D eigenvalue weighted by atomic mass is 16.6. The number of aliphatic hydroxyl groups excluding tert-OH is 1. The summed E-state index contributed by atoms with van der Waals surface area (Å²) in [6, 6.07) is 4.12. The van der Waals surface area contributed by atoms with Gasteiger partial charge in [0.2, 0.25) is 5.91 Å². The number of carbonyl (C=O) groups excluding carboxylic acids is 3. The zero-order valence-electron chi connectivity index (χ0n) is 20.4. The number of hydrogen-bond acceptors (Lipinski definition) is 7. The van der Waals surface area contributed by atoms with E-state index >= 15 is 0 Å². The molecule has 2 heterocycles. The first-order chi connectivity index (χ1) is 15.2. The molecule has 9 nitrogen and oxygen atoms in total. The molecule has 0 aliphatic carbocycles. The number of piperidine rings is 1. The molecule has 0 bridgehead atoms. The predicted octanol–water partition coefficient (Wildman–Crippen LogP) is 3.61. The molecule has 1 N–H and O–H groups in total. The molecule has 3 rings (SSSR count). The monoisotopic (exact) mass is 462 g/mol. The molecule has 0 saturated carbocycles. The molecule has 1 fully saturated rings. The van der Waals surface area contributed by atoms with E-state index in [-0.39, 0.29) is 0 Å². The number of rotatable bonds is 2. The van der Waals surface area contributed by atoms with Gasteiger partial charge in [0, 0.05) is 12.6 Å². The molecule has 1 spiro atoms. The Balaban J connectivity index is 2.13. The van der Waals surface area contributed by atoms with Crippen molar-refractivity contribution in [3.63, 3.8) is 0 Å². The number of benzene rings is 1. The molecule has 33 heavy (non-hydrogen) atoms. The van der Waals surface area contributed by atoms with Crippen LogP contribution in [0.5, 0.6) is 5.75 Å². The number of imide groups is 1. The van der Waals surface area contributed by atoms with Crippen LogP contribution in [0.3, 0.4) is 0 Å². The van der Waals surface area contributed by atoms with Crippen molar-refractivity contribution in [3.05, 3.63) is 23.8 Å².